The molecule has 1 saturated heterocycles. The quantitative estimate of drug-likeness (QED) is 0.321. The minimum atomic E-state index is -0.312. The maximum absolute atomic E-state index is 13.9. The number of hydrogen-bond acceptors (Lipinski definition) is 5. The number of hydrogen-bond donors (Lipinski definition) is 0. The smallest absolute Gasteiger partial charge is 0.270 e. The van der Waals surface area contributed by atoms with Crippen LogP contribution in [0.25, 0.3) is 15.9 Å². The molecule has 1 aliphatic heterocycles. The van der Waals surface area contributed by atoms with E-state index in [0.717, 1.165) is 11.1 Å². The number of anilines is 1. The lowest BCUT2D eigenvalue weighted by Gasteiger charge is -2.50. The van der Waals surface area contributed by atoms with E-state index in [4.69, 9.17) is 6.57 Å². The van der Waals surface area contributed by atoms with E-state index in [-0.39, 0.29) is 41.1 Å². The molecule has 0 unspecified atom stereocenters. The largest absolute Gasteiger partial charge is 0.362 e. The minimum absolute atomic E-state index is 0.00513. The van der Waals surface area contributed by atoms with Gasteiger partial charge in [0.2, 0.25) is 5.52 Å². The van der Waals surface area contributed by atoms with Gasteiger partial charge in [0, 0.05) is 44.8 Å². The number of benzene rings is 2. The van der Waals surface area contributed by atoms with Gasteiger partial charge in [-0.05, 0) is 68.5 Å². The molecule has 2 aromatic carbocycles. The first-order valence-electron chi connectivity index (χ1n) is 13.2. The third-order valence-corrected chi connectivity index (χ3v) is 7.64. The van der Waals surface area contributed by atoms with E-state index in [1.807, 2.05) is 14.1 Å². The Bertz CT molecular complexity index is 1570. The van der Waals surface area contributed by atoms with Gasteiger partial charge in [-0.15, -0.1) is 4.98 Å². The highest BCUT2D eigenvalue weighted by Gasteiger charge is 2.38. The summed E-state index contributed by atoms with van der Waals surface area (Å²) < 4.78 is 29.4. The maximum Gasteiger partial charge on any atom is 0.270 e. The van der Waals surface area contributed by atoms with E-state index in [9.17, 15) is 13.6 Å². The Morgan fingerprint density at radius 1 is 1.00 bits per heavy atom. The van der Waals surface area contributed by atoms with Crippen LogP contribution < -0.4 is 10.5 Å². The molecule has 0 saturated carbocycles. The van der Waals surface area contributed by atoms with Crippen LogP contribution in [0.3, 0.4) is 0 Å². The molecule has 0 spiro atoms. The van der Waals surface area contributed by atoms with Gasteiger partial charge < -0.3 is 19.2 Å². The van der Waals surface area contributed by atoms with Crippen LogP contribution in [-0.2, 0) is 7.05 Å². The standard InChI is InChI=1S/C31H32F2N6O/c1-20-17-39(31(21-6-10-23(32)11-7-21)22-8-12-24(33)13-9-22)25(18-36(3)4)19-38(20)27-16-29(40)37(5)26-14-15-28(34-2)35-30(26)27/h6-16,20,25,31H,17-19H2,1,3-5H3/t20-,25+/m0/s1. The molecule has 4 aromatic rings. The maximum atomic E-state index is 13.9. The monoisotopic (exact) mass is 542 g/mol. The van der Waals surface area contributed by atoms with Crippen LogP contribution in [-0.4, -0.2) is 65.2 Å². The van der Waals surface area contributed by atoms with E-state index in [1.165, 1.54) is 24.3 Å². The Morgan fingerprint density at radius 3 is 2.15 bits per heavy atom. The zero-order chi connectivity index (χ0) is 28.6. The summed E-state index contributed by atoms with van der Waals surface area (Å²) in [5.41, 5.74) is 3.69. The van der Waals surface area contributed by atoms with Gasteiger partial charge in [0.05, 0.1) is 17.2 Å². The molecular weight excluding hydrogens is 510 g/mol. The van der Waals surface area contributed by atoms with Crippen LogP contribution in [0.2, 0.25) is 0 Å². The number of pyridine rings is 2. The third kappa shape index (κ3) is 5.33. The van der Waals surface area contributed by atoms with Crippen molar-refractivity contribution in [3.05, 3.63) is 111 Å². The average Bonchev–Trinajstić information content (AvgIpc) is 2.93. The molecule has 0 aliphatic carbocycles. The van der Waals surface area contributed by atoms with E-state index in [2.05, 4.69) is 31.5 Å². The fourth-order valence-corrected chi connectivity index (χ4v) is 5.75. The predicted molar refractivity (Wildman–Crippen MR) is 154 cm³/mol. The van der Waals surface area contributed by atoms with Crippen molar-refractivity contribution in [2.75, 3.05) is 38.6 Å². The van der Waals surface area contributed by atoms with Crippen LogP contribution in [0.5, 0.6) is 0 Å². The molecule has 0 radical (unpaired) electrons. The van der Waals surface area contributed by atoms with Crippen molar-refractivity contribution in [1.29, 1.82) is 0 Å². The van der Waals surface area contributed by atoms with E-state index in [1.54, 1.807) is 54.1 Å². The molecule has 7 nitrogen and oxygen atoms in total. The Balaban J connectivity index is 1.61. The van der Waals surface area contributed by atoms with Crippen molar-refractivity contribution >= 4 is 22.5 Å². The summed E-state index contributed by atoms with van der Waals surface area (Å²) >= 11 is 0. The fourth-order valence-electron chi connectivity index (χ4n) is 5.75. The lowest BCUT2D eigenvalue weighted by atomic mass is 9.92. The molecule has 3 heterocycles. The molecule has 1 fully saturated rings. The van der Waals surface area contributed by atoms with Crippen LogP contribution in [0.1, 0.15) is 24.1 Å². The summed E-state index contributed by atoms with van der Waals surface area (Å²) in [4.78, 5) is 27.8. The van der Waals surface area contributed by atoms with Crippen molar-refractivity contribution < 1.29 is 8.78 Å². The highest BCUT2D eigenvalue weighted by molar-refractivity contribution is 5.89. The minimum Gasteiger partial charge on any atom is -0.362 e. The third-order valence-electron chi connectivity index (χ3n) is 7.64. The number of piperazine rings is 1. The molecule has 1 aliphatic rings. The zero-order valence-electron chi connectivity index (χ0n) is 23.1. The summed E-state index contributed by atoms with van der Waals surface area (Å²) in [7, 11) is 5.74. The van der Waals surface area contributed by atoms with Gasteiger partial charge in [0.1, 0.15) is 11.6 Å². The second-order valence-corrected chi connectivity index (χ2v) is 10.7. The summed E-state index contributed by atoms with van der Waals surface area (Å²) in [6, 6.07) is 17.7. The van der Waals surface area contributed by atoms with Crippen molar-refractivity contribution in [3.63, 3.8) is 0 Å². The van der Waals surface area contributed by atoms with E-state index < -0.39 is 0 Å². The van der Waals surface area contributed by atoms with Gasteiger partial charge in [0.15, 0.2) is 0 Å². The number of halogens is 2. The Kier molecular flexibility index (Phi) is 7.66. The number of rotatable bonds is 6. The lowest BCUT2D eigenvalue weighted by molar-refractivity contribution is 0.0982. The van der Waals surface area contributed by atoms with Gasteiger partial charge in [-0.25, -0.2) is 8.78 Å². The van der Waals surface area contributed by atoms with Gasteiger partial charge in [-0.2, -0.15) is 0 Å². The molecule has 5 rings (SSSR count). The fraction of sp³-hybridized carbons (Fsp3) is 0.323. The normalized spacial score (nSPS) is 18.0. The average molecular weight is 543 g/mol. The first kappa shape index (κ1) is 27.4. The highest BCUT2D eigenvalue weighted by Crippen LogP contribution is 2.36. The summed E-state index contributed by atoms with van der Waals surface area (Å²) in [5, 5.41) is 0. The van der Waals surface area contributed by atoms with Gasteiger partial charge in [0.25, 0.3) is 11.4 Å². The van der Waals surface area contributed by atoms with Crippen LogP contribution in [0, 0.1) is 18.2 Å². The topological polar surface area (TPSA) is 49.0 Å². The van der Waals surface area contributed by atoms with Crippen LogP contribution >= 0.6 is 0 Å². The van der Waals surface area contributed by atoms with Crippen molar-refractivity contribution in [2.24, 2.45) is 7.05 Å². The number of aryl methyl sites for hydroxylation is 1. The molecule has 2 aromatic heterocycles. The Labute approximate surface area is 232 Å². The number of likely N-dealkylation sites (N-methyl/N-ethyl adjacent to an activating group) is 1. The first-order chi connectivity index (χ1) is 19.2. The molecule has 206 valence electrons. The van der Waals surface area contributed by atoms with Crippen LogP contribution in [0.4, 0.5) is 20.3 Å². The van der Waals surface area contributed by atoms with E-state index in [0.29, 0.717) is 36.4 Å². The number of fused-ring (bicyclic) bond motifs is 1. The molecule has 40 heavy (non-hydrogen) atoms. The lowest BCUT2D eigenvalue weighted by Crippen LogP contribution is -2.61. The van der Waals surface area contributed by atoms with Gasteiger partial charge >= 0.3 is 0 Å². The Morgan fingerprint density at radius 2 is 1.60 bits per heavy atom. The number of nitrogens with zero attached hydrogens (tertiary/aromatic N) is 6. The van der Waals surface area contributed by atoms with Gasteiger partial charge in [-0.3, -0.25) is 9.69 Å². The van der Waals surface area contributed by atoms with Crippen molar-refractivity contribution in [1.82, 2.24) is 19.4 Å². The molecule has 9 heteroatoms. The predicted octanol–water partition coefficient (Wildman–Crippen LogP) is 4.99. The summed E-state index contributed by atoms with van der Waals surface area (Å²) in [6.07, 6.45) is 0. The first-order valence-corrected chi connectivity index (χ1v) is 13.2. The molecule has 2 atom stereocenters. The Hall–Kier alpha value is -4.13. The highest BCUT2D eigenvalue weighted by atomic mass is 19.1. The SMILES string of the molecule is [C-]#[N+]c1ccc2c(n1)c(N1C[C@@H](CN(C)C)N(C(c3ccc(F)cc3)c3ccc(F)cc3)C[C@@H]1C)cc(=O)n2C. The van der Waals surface area contributed by atoms with Crippen LogP contribution in [0.15, 0.2) is 71.5 Å². The summed E-state index contributed by atoms with van der Waals surface area (Å²) in [5.74, 6) is -0.349. The second kappa shape index (κ2) is 11.2. The second-order valence-electron chi connectivity index (χ2n) is 10.7. The molecule has 0 bridgehead atoms. The van der Waals surface area contributed by atoms with E-state index >= 15 is 0 Å². The van der Waals surface area contributed by atoms with Crippen molar-refractivity contribution in [2.45, 2.75) is 25.0 Å². The zero-order valence-corrected chi connectivity index (χ0v) is 23.1. The van der Waals surface area contributed by atoms with Gasteiger partial charge in [-0.1, -0.05) is 30.8 Å². The summed E-state index contributed by atoms with van der Waals surface area (Å²) in [6.45, 7) is 11.5. The van der Waals surface area contributed by atoms with Crippen molar-refractivity contribution in [3.8, 4) is 0 Å². The molecule has 0 amide bonds. The molecular formula is C31H32F2N6O. The molecule has 0 N–H and O–H groups in total. The number of aromatic nitrogens is 2.